The highest BCUT2D eigenvalue weighted by Gasteiger charge is 2.69. The lowest BCUT2D eigenvalue weighted by molar-refractivity contribution is -0.145. The average molecular weight is 248 g/mol. The molecule has 2 aliphatic carbocycles. The highest BCUT2D eigenvalue weighted by atomic mass is 16.6. The smallest absolute Gasteiger partial charge is 0.309 e. The SMILES string of the molecule is CC1=C2C[C@H]3O[C@@]3(C)[C@@H]2[C@H]2OC(=O)[C@@H](C)[C@@H]2CC1. The second kappa shape index (κ2) is 3.19. The second-order valence-corrected chi connectivity index (χ2v) is 6.67. The Hall–Kier alpha value is -0.830. The summed E-state index contributed by atoms with van der Waals surface area (Å²) >= 11 is 0. The van der Waals surface area contributed by atoms with Crippen LogP contribution in [0, 0.1) is 17.8 Å². The van der Waals surface area contributed by atoms with Crippen LogP contribution in [0.4, 0.5) is 0 Å². The molecule has 0 N–H and O–H groups in total. The van der Waals surface area contributed by atoms with E-state index in [0.717, 1.165) is 19.3 Å². The van der Waals surface area contributed by atoms with Gasteiger partial charge in [-0.3, -0.25) is 4.79 Å². The lowest BCUT2D eigenvalue weighted by atomic mass is 9.79. The standard InChI is InChI=1S/C15H20O3/c1-7-4-5-9-8(2)14(16)17-13(9)12-10(7)6-11-15(12,3)18-11/h8-9,11-13H,4-6H2,1-3H3/t8-,9-,11+,12-,13-,15+/m0/s1. The number of carbonyl (C=O) groups excluding carboxylic acids is 1. The first kappa shape index (κ1) is 11.0. The molecular formula is C15H20O3. The molecule has 3 fully saturated rings. The van der Waals surface area contributed by atoms with Gasteiger partial charge in [-0.25, -0.2) is 0 Å². The maximum absolute atomic E-state index is 11.9. The van der Waals surface area contributed by atoms with Crippen molar-refractivity contribution in [2.45, 2.75) is 57.8 Å². The Morgan fingerprint density at radius 3 is 2.94 bits per heavy atom. The summed E-state index contributed by atoms with van der Waals surface area (Å²) in [5, 5.41) is 0. The summed E-state index contributed by atoms with van der Waals surface area (Å²) in [5.74, 6) is 0.763. The molecular weight excluding hydrogens is 228 g/mol. The molecule has 98 valence electrons. The minimum absolute atomic E-state index is 0.00315. The average Bonchev–Trinajstić information content (AvgIpc) is 2.82. The number of epoxide rings is 1. The van der Waals surface area contributed by atoms with Crippen molar-refractivity contribution < 1.29 is 14.3 Å². The summed E-state index contributed by atoms with van der Waals surface area (Å²) in [6.45, 7) is 6.47. The molecule has 0 bridgehead atoms. The van der Waals surface area contributed by atoms with Gasteiger partial charge in [0.05, 0.1) is 12.0 Å². The summed E-state index contributed by atoms with van der Waals surface area (Å²) in [6, 6.07) is 0. The van der Waals surface area contributed by atoms with E-state index in [-0.39, 0.29) is 23.6 Å². The molecule has 0 aromatic heterocycles. The lowest BCUT2D eigenvalue weighted by Gasteiger charge is -2.28. The molecule has 0 unspecified atom stereocenters. The van der Waals surface area contributed by atoms with Crippen molar-refractivity contribution in [3.05, 3.63) is 11.1 Å². The number of ether oxygens (including phenoxy) is 2. The molecule has 2 saturated heterocycles. The predicted molar refractivity (Wildman–Crippen MR) is 65.9 cm³/mol. The van der Waals surface area contributed by atoms with E-state index < -0.39 is 0 Å². The van der Waals surface area contributed by atoms with E-state index in [2.05, 4.69) is 13.8 Å². The fraction of sp³-hybridized carbons (Fsp3) is 0.800. The molecule has 0 radical (unpaired) electrons. The van der Waals surface area contributed by atoms with Crippen molar-refractivity contribution in [2.24, 2.45) is 17.8 Å². The Balaban J connectivity index is 1.79. The van der Waals surface area contributed by atoms with Gasteiger partial charge in [0.1, 0.15) is 11.7 Å². The van der Waals surface area contributed by atoms with Gasteiger partial charge in [-0.05, 0) is 33.1 Å². The van der Waals surface area contributed by atoms with Gasteiger partial charge in [0.15, 0.2) is 0 Å². The van der Waals surface area contributed by atoms with E-state index >= 15 is 0 Å². The van der Waals surface area contributed by atoms with E-state index in [1.807, 2.05) is 6.92 Å². The van der Waals surface area contributed by atoms with Gasteiger partial charge in [-0.15, -0.1) is 0 Å². The largest absolute Gasteiger partial charge is 0.461 e. The summed E-state index contributed by atoms with van der Waals surface area (Å²) in [4.78, 5) is 11.9. The van der Waals surface area contributed by atoms with Crippen molar-refractivity contribution in [3.63, 3.8) is 0 Å². The fourth-order valence-electron chi connectivity index (χ4n) is 4.49. The van der Waals surface area contributed by atoms with Crippen LogP contribution in [-0.4, -0.2) is 23.8 Å². The molecule has 4 aliphatic rings. The minimum Gasteiger partial charge on any atom is -0.461 e. The third-order valence-corrected chi connectivity index (χ3v) is 5.79. The Bertz CT molecular complexity index is 466. The van der Waals surface area contributed by atoms with Crippen LogP contribution >= 0.6 is 0 Å². The van der Waals surface area contributed by atoms with Crippen LogP contribution in [0.2, 0.25) is 0 Å². The van der Waals surface area contributed by atoms with Crippen LogP contribution in [0.15, 0.2) is 11.1 Å². The topological polar surface area (TPSA) is 38.8 Å². The zero-order chi connectivity index (χ0) is 12.7. The third kappa shape index (κ3) is 1.16. The van der Waals surface area contributed by atoms with Crippen LogP contribution in [0.3, 0.4) is 0 Å². The van der Waals surface area contributed by atoms with Crippen LogP contribution in [-0.2, 0) is 14.3 Å². The lowest BCUT2D eigenvalue weighted by Crippen LogP contribution is -2.35. The Morgan fingerprint density at radius 2 is 2.17 bits per heavy atom. The van der Waals surface area contributed by atoms with Crippen molar-refractivity contribution in [1.29, 1.82) is 0 Å². The van der Waals surface area contributed by atoms with Crippen LogP contribution in [0.25, 0.3) is 0 Å². The molecule has 2 heterocycles. The number of fused-ring (bicyclic) bond motifs is 5. The van der Waals surface area contributed by atoms with Crippen molar-refractivity contribution in [1.82, 2.24) is 0 Å². The van der Waals surface area contributed by atoms with Gasteiger partial charge in [-0.2, -0.15) is 0 Å². The molecule has 0 aromatic carbocycles. The normalized spacial score (nSPS) is 53.5. The van der Waals surface area contributed by atoms with Crippen molar-refractivity contribution in [2.75, 3.05) is 0 Å². The summed E-state index contributed by atoms with van der Waals surface area (Å²) in [7, 11) is 0. The maximum Gasteiger partial charge on any atom is 0.309 e. The van der Waals surface area contributed by atoms with E-state index in [1.165, 1.54) is 11.1 Å². The van der Waals surface area contributed by atoms with Crippen molar-refractivity contribution in [3.8, 4) is 0 Å². The zero-order valence-electron chi connectivity index (χ0n) is 11.2. The monoisotopic (exact) mass is 248 g/mol. The number of hydrogen-bond acceptors (Lipinski definition) is 3. The number of hydrogen-bond donors (Lipinski definition) is 0. The summed E-state index contributed by atoms with van der Waals surface area (Å²) in [6.07, 6.45) is 3.71. The molecule has 0 aromatic rings. The molecule has 3 heteroatoms. The summed E-state index contributed by atoms with van der Waals surface area (Å²) < 4.78 is 11.6. The second-order valence-electron chi connectivity index (χ2n) is 6.67. The number of esters is 1. The van der Waals surface area contributed by atoms with Crippen LogP contribution in [0.5, 0.6) is 0 Å². The molecule has 2 aliphatic heterocycles. The van der Waals surface area contributed by atoms with Gasteiger partial charge in [0, 0.05) is 11.8 Å². The Morgan fingerprint density at radius 1 is 1.39 bits per heavy atom. The Labute approximate surface area is 108 Å². The number of carbonyl (C=O) groups is 1. The molecule has 0 spiro atoms. The quantitative estimate of drug-likeness (QED) is 0.375. The van der Waals surface area contributed by atoms with Gasteiger partial charge in [-0.1, -0.05) is 18.1 Å². The first-order chi connectivity index (χ1) is 8.52. The molecule has 6 atom stereocenters. The Kier molecular flexibility index (Phi) is 1.95. The van der Waals surface area contributed by atoms with Gasteiger partial charge in [0.2, 0.25) is 0 Å². The zero-order valence-corrected chi connectivity index (χ0v) is 11.2. The summed E-state index contributed by atoms with van der Waals surface area (Å²) in [5.41, 5.74) is 3.01. The maximum atomic E-state index is 11.9. The first-order valence-electron chi connectivity index (χ1n) is 7.09. The molecule has 4 rings (SSSR count). The minimum atomic E-state index is -0.0474. The number of rotatable bonds is 0. The van der Waals surface area contributed by atoms with E-state index in [0.29, 0.717) is 17.9 Å². The van der Waals surface area contributed by atoms with E-state index in [4.69, 9.17) is 9.47 Å². The van der Waals surface area contributed by atoms with Gasteiger partial charge < -0.3 is 9.47 Å². The fourth-order valence-corrected chi connectivity index (χ4v) is 4.49. The third-order valence-electron chi connectivity index (χ3n) is 5.79. The molecule has 1 saturated carbocycles. The highest BCUT2D eigenvalue weighted by molar-refractivity contribution is 5.75. The van der Waals surface area contributed by atoms with Crippen molar-refractivity contribution >= 4 is 5.97 Å². The predicted octanol–water partition coefficient (Wildman–Crippen LogP) is 2.45. The van der Waals surface area contributed by atoms with Gasteiger partial charge >= 0.3 is 5.97 Å². The highest BCUT2D eigenvalue weighted by Crippen LogP contribution is 2.62. The van der Waals surface area contributed by atoms with Gasteiger partial charge in [0.25, 0.3) is 0 Å². The van der Waals surface area contributed by atoms with Crippen LogP contribution < -0.4 is 0 Å². The van der Waals surface area contributed by atoms with Crippen LogP contribution in [0.1, 0.15) is 40.0 Å². The molecule has 3 nitrogen and oxygen atoms in total. The first-order valence-corrected chi connectivity index (χ1v) is 7.09. The van der Waals surface area contributed by atoms with E-state index in [9.17, 15) is 4.79 Å². The molecule has 0 amide bonds. The van der Waals surface area contributed by atoms with E-state index in [1.54, 1.807) is 0 Å². The molecule has 18 heavy (non-hydrogen) atoms. The number of allylic oxidation sites excluding steroid dienone is 1.